The smallest absolute Gasteiger partial charge is 0.0161 e. The van der Waals surface area contributed by atoms with Gasteiger partial charge in [0.25, 0.3) is 0 Å². The molecule has 0 heteroatoms. The van der Waals surface area contributed by atoms with E-state index >= 15 is 0 Å². The first kappa shape index (κ1) is 2.72. The topological polar surface area (TPSA) is 0 Å². The van der Waals surface area contributed by atoms with Crippen LogP contribution in [0.25, 0.3) is 0 Å². The molecule has 40 valence electrons. The first-order chi connectivity index (χ1) is 3.97. The Balaban J connectivity index is 2.00. The second kappa shape index (κ2) is 0.403. The molecule has 5 fully saturated rings. The van der Waals surface area contributed by atoms with Gasteiger partial charge in [-0.1, -0.05) is 0 Å². The van der Waals surface area contributed by atoms with Gasteiger partial charge in [0, 0.05) is 0 Å². The van der Waals surface area contributed by atoms with Crippen LogP contribution < -0.4 is 0 Å². The van der Waals surface area contributed by atoms with Gasteiger partial charge in [0.15, 0.2) is 0 Å². The van der Waals surface area contributed by atoms with Crippen molar-refractivity contribution in [2.75, 3.05) is 0 Å². The molecule has 0 radical (unpaired) electrons. The van der Waals surface area contributed by atoms with E-state index in [0.717, 1.165) is 5.41 Å². The highest BCUT2D eigenvalue weighted by Crippen LogP contribution is 3.13. The molecule has 0 nitrogen and oxygen atoms in total. The van der Waals surface area contributed by atoms with Crippen molar-refractivity contribution in [3.63, 3.8) is 0 Å². The average Bonchev–Trinajstić information content (AvgIpc) is 2.59. The first-order valence-corrected chi connectivity index (χ1v) is 3.97. The van der Waals surface area contributed by atoms with Crippen molar-refractivity contribution in [3.8, 4) is 0 Å². The second-order valence-corrected chi connectivity index (χ2v) is 4.67. The third kappa shape index (κ3) is 0.0775. The summed E-state index contributed by atoms with van der Waals surface area (Å²) in [5, 5.41) is 0. The molecule has 5 aliphatic rings. The van der Waals surface area contributed by atoms with Gasteiger partial charge in [-0.15, -0.1) is 0 Å². The van der Waals surface area contributed by atoms with Crippen LogP contribution in [0, 0.1) is 40.9 Å². The van der Waals surface area contributed by atoms with E-state index in [1.54, 1.807) is 6.42 Å². The normalized spacial score (nSPS) is 108. The molecule has 5 rings (SSSR count). The van der Waals surface area contributed by atoms with Gasteiger partial charge in [0.2, 0.25) is 0 Å². The fourth-order valence-corrected chi connectivity index (χ4v) is 4.67. The van der Waals surface area contributed by atoms with Crippen LogP contribution in [0.15, 0.2) is 0 Å². The van der Waals surface area contributed by atoms with Crippen molar-refractivity contribution in [1.82, 2.24) is 0 Å². The molecular weight excluding hydrogens is 96.1 g/mol. The zero-order valence-electron chi connectivity index (χ0n) is 4.67. The fraction of sp³-hybridized carbons (Fsp3) is 1.00. The summed E-state index contributed by atoms with van der Waals surface area (Å²) in [6.45, 7) is 0. The SMILES string of the molecule is C1C2C1C1C3C4C2C143. The molecule has 6 atom stereocenters. The third-order valence-corrected chi connectivity index (χ3v) is 4.96. The lowest BCUT2D eigenvalue weighted by atomic mass is 10.0. The van der Waals surface area contributed by atoms with Gasteiger partial charge in [-0.25, -0.2) is 0 Å². The summed E-state index contributed by atoms with van der Waals surface area (Å²) in [6, 6.07) is 0. The molecule has 0 aromatic carbocycles. The molecule has 0 aromatic rings. The molecule has 0 bridgehead atoms. The molecule has 0 amide bonds. The summed E-state index contributed by atoms with van der Waals surface area (Å²) < 4.78 is 0. The standard InChI is InChI=1S/C8H8/c1-2-3(1)5-7-6-4(2)8(5,6)7/h2-7H,1H2. The van der Waals surface area contributed by atoms with Gasteiger partial charge in [0.05, 0.1) is 0 Å². The van der Waals surface area contributed by atoms with E-state index in [-0.39, 0.29) is 0 Å². The summed E-state index contributed by atoms with van der Waals surface area (Å²) in [4.78, 5) is 0. The summed E-state index contributed by atoms with van der Waals surface area (Å²) >= 11 is 0. The predicted octanol–water partition coefficient (Wildman–Crippen LogP) is 1.13. The van der Waals surface area contributed by atoms with Crippen molar-refractivity contribution in [2.45, 2.75) is 6.42 Å². The molecule has 0 saturated heterocycles. The summed E-state index contributed by atoms with van der Waals surface area (Å²) in [6.07, 6.45) is 1.66. The lowest BCUT2D eigenvalue weighted by Gasteiger charge is -2.03. The first-order valence-electron chi connectivity index (χ1n) is 3.97. The molecule has 0 aliphatic heterocycles. The molecule has 0 heterocycles. The highest BCUT2D eigenvalue weighted by Gasteiger charge is 3.10. The molecule has 0 aromatic heterocycles. The number of hydrogen-bond donors (Lipinski definition) is 0. The highest BCUT2D eigenvalue weighted by molar-refractivity contribution is 5.56. The quantitative estimate of drug-likeness (QED) is 0.432. The van der Waals surface area contributed by atoms with E-state index in [9.17, 15) is 0 Å². The Morgan fingerprint density at radius 3 is 1.88 bits per heavy atom. The monoisotopic (exact) mass is 104 g/mol. The Hall–Kier alpha value is 0. The number of fused-ring (bicyclic) bond motifs is 6. The van der Waals surface area contributed by atoms with Crippen LogP contribution in [0.1, 0.15) is 6.42 Å². The largest absolute Gasteiger partial charge is 0.0464 e. The van der Waals surface area contributed by atoms with Crippen molar-refractivity contribution in [3.05, 3.63) is 0 Å². The number of rotatable bonds is 0. The zero-order chi connectivity index (χ0) is 4.67. The van der Waals surface area contributed by atoms with Gasteiger partial charge in [-0.3, -0.25) is 0 Å². The van der Waals surface area contributed by atoms with Gasteiger partial charge in [-0.2, -0.15) is 0 Å². The van der Waals surface area contributed by atoms with Crippen LogP contribution in [0.4, 0.5) is 0 Å². The minimum Gasteiger partial charge on any atom is -0.0464 e. The fourth-order valence-electron chi connectivity index (χ4n) is 4.67. The lowest BCUT2D eigenvalue weighted by Crippen LogP contribution is -2.00. The van der Waals surface area contributed by atoms with Crippen molar-refractivity contribution >= 4 is 0 Å². The minimum absolute atomic E-state index is 1.13. The van der Waals surface area contributed by atoms with Crippen LogP contribution in [0.3, 0.4) is 0 Å². The van der Waals surface area contributed by atoms with E-state index in [1.807, 2.05) is 0 Å². The van der Waals surface area contributed by atoms with E-state index < -0.39 is 0 Å². The van der Waals surface area contributed by atoms with Crippen LogP contribution >= 0.6 is 0 Å². The van der Waals surface area contributed by atoms with Crippen molar-refractivity contribution in [1.29, 1.82) is 0 Å². The van der Waals surface area contributed by atoms with Crippen LogP contribution in [0.5, 0.6) is 0 Å². The molecular formula is C8H8. The molecule has 0 N–H and O–H groups in total. The van der Waals surface area contributed by atoms with Gasteiger partial charge in [-0.05, 0) is 47.3 Å². The van der Waals surface area contributed by atoms with Gasteiger partial charge >= 0.3 is 0 Å². The van der Waals surface area contributed by atoms with E-state index in [0.29, 0.717) is 0 Å². The maximum absolute atomic E-state index is 1.66. The highest BCUT2D eigenvalue weighted by atomic mass is 15.1. The Morgan fingerprint density at radius 2 is 1.50 bits per heavy atom. The maximum atomic E-state index is 1.66. The van der Waals surface area contributed by atoms with Crippen LogP contribution in [-0.2, 0) is 0 Å². The molecule has 1 spiro atoms. The Kier molecular flexibility index (Phi) is 0.137. The molecule has 5 aliphatic carbocycles. The van der Waals surface area contributed by atoms with Crippen molar-refractivity contribution in [2.24, 2.45) is 40.9 Å². The summed E-state index contributed by atoms with van der Waals surface area (Å²) in [7, 11) is 0. The summed E-state index contributed by atoms with van der Waals surface area (Å²) in [5.74, 6) is 7.96. The van der Waals surface area contributed by atoms with E-state index in [2.05, 4.69) is 0 Å². The summed E-state index contributed by atoms with van der Waals surface area (Å²) in [5.41, 5.74) is 1.13. The second-order valence-electron chi connectivity index (χ2n) is 4.67. The Bertz CT molecular complexity index is 206. The van der Waals surface area contributed by atoms with Crippen molar-refractivity contribution < 1.29 is 0 Å². The molecule has 8 heavy (non-hydrogen) atoms. The molecule has 6 unspecified atom stereocenters. The third-order valence-electron chi connectivity index (χ3n) is 4.96. The zero-order valence-corrected chi connectivity index (χ0v) is 4.67. The average molecular weight is 104 g/mol. The number of hydrogen-bond acceptors (Lipinski definition) is 0. The van der Waals surface area contributed by atoms with Gasteiger partial charge < -0.3 is 0 Å². The Morgan fingerprint density at radius 1 is 0.875 bits per heavy atom. The lowest BCUT2D eigenvalue weighted by molar-refractivity contribution is 0.434. The van der Waals surface area contributed by atoms with E-state index in [1.165, 1.54) is 35.5 Å². The minimum atomic E-state index is 1.13. The van der Waals surface area contributed by atoms with Crippen LogP contribution in [-0.4, -0.2) is 0 Å². The van der Waals surface area contributed by atoms with Gasteiger partial charge in [0.1, 0.15) is 0 Å². The Labute approximate surface area is 48.3 Å². The predicted molar refractivity (Wildman–Crippen MR) is 28.0 cm³/mol. The van der Waals surface area contributed by atoms with Crippen LogP contribution in [0.2, 0.25) is 0 Å². The van der Waals surface area contributed by atoms with E-state index in [4.69, 9.17) is 0 Å². The maximum Gasteiger partial charge on any atom is -0.0161 e. The molecule has 5 saturated carbocycles.